The molecule has 0 bridgehead atoms. The fourth-order valence-electron chi connectivity index (χ4n) is 2.83. The zero-order valence-corrected chi connectivity index (χ0v) is 20.1. The molecule has 0 heterocycles. The van der Waals surface area contributed by atoms with Crippen LogP contribution in [0, 0.1) is 6.92 Å². The quantitative estimate of drug-likeness (QED) is 0.195. The number of halogens is 3. The average molecular weight is 516 g/mol. The van der Waals surface area contributed by atoms with Gasteiger partial charge in [0.1, 0.15) is 10.6 Å². The van der Waals surface area contributed by atoms with Crippen molar-refractivity contribution in [2.75, 3.05) is 4.72 Å². The summed E-state index contributed by atoms with van der Waals surface area (Å²) in [6.45, 7) is 11.0. The number of amidine groups is 1. The van der Waals surface area contributed by atoms with Crippen molar-refractivity contribution in [3.05, 3.63) is 60.2 Å². The Labute approximate surface area is 200 Å². The summed E-state index contributed by atoms with van der Waals surface area (Å²) < 4.78 is 74.5. The molecule has 0 saturated heterocycles. The normalized spacial score (nSPS) is 12.6. The number of hydrogen-bond donors (Lipinski definition) is 2. The monoisotopic (exact) mass is 515 g/mol. The summed E-state index contributed by atoms with van der Waals surface area (Å²) in [6.07, 6.45) is -0.600. The number of sulfonamides is 1. The average Bonchev–Trinajstić information content (AvgIpc) is 2.73. The van der Waals surface area contributed by atoms with Gasteiger partial charge in [-0.25, -0.2) is 13.4 Å². The van der Waals surface area contributed by atoms with E-state index < -0.39 is 27.0 Å². The Balaban J connectivity index is 2.64. The van der Waals surface area contributed by atoms with Gasteiger partial charge in [-0.05, 0) is 67.8 Å². The Bertz CT molecular complexity index is 1220. The number of thioether (sulfide) groups is 1. The van der Waals surface area contributed by atoms with Crippen LogP contribution in [0.4, 0.5) is 18.9 Å². The van der Waals surface area contributed by atoms with Crippen molar-refractivity contribution < 1.29 is 26.3 Å². The van der Waals surface area contributed by atoms with Crippen LogP contribution in [0.3, 0.4) is 0 Å². The van der Waals surface area contributed by atoms with Crippen LogP contribution in [0.5, 0.6) is 5.75 Å². The third kappa shape index (κ3) is 6.65. The van der Waals surface area contributed by atoms with Gasteiger partial charge >= 0.3 is 6.36 Å². The summed E-state index contributed by atoms with van der Waals surface area (Å²) in [5.74, 6) is -0.856. The highest BCUT2D eigenvalue weighted by atomic mass is 32.2. The van der Waals surface area contributed by atoms with Crippen LogP contribution in [0.2, 0.25) is 0 Å². The van der Waals surface area contributed by atoms with Crippen molar-refractivity contribution in [2.45, 2.75) is 30.0 Å². The molecule has 0 aliphatic carbocycles. The number of hydrogen-bond acceptors (Lipinski definition) is 6. The van der Waals surface area contributed by atoms with Crippen molar-refractivity contribution in [3.8, 4) is 5.75 Å². The molecular weight excluding hydrogens is 495 g/mol. The van der Waals surface area contributed by atoms with Gasteiger partial charge in [0.15, 0.2) is 5.17 Å². The van der Waals surface area contributed by atoms with Crippen molar-refractivity contribution in [2.24, 2.45) is 9.39 Å². The molecule has 1 N–H and O–H groups in total. The van der Waals surface area contributed by atoms with Gasteiger partial charge in [0.25, 0.3) is 10.0 Å². The maximum absolute atomic E-state index is 13.1. The molecule has 0 amide bonds. The van der Waals surface area contributed by atoms with E-state index in [4.69, 9.17) is 0 Å². The van der Waals surface area contributed by atoms with Gasteiger partial charge in [-0.15, -0.1) is 13.2 Å². The number of rotatable bonds is 7. The number of thiol groups is 1. The van der Waals surface area contributed by atoms with Crippen molar-refractivity contribution in [1.29, 1.82) is 0 Å². The van der Waals surface area contributed by atoms with E-state index in [0.29, 0.717) is 21.2 Å². The molecule has 0 atom stereocenters. The van der Waals surface area contributed by atoms with Crippen molar-refractivity contribution in [1.82, 2.24) is 0 Å². The first kappa shape index (κ1) is 26.6. The fourth-order valence-corrected chi connectivity index (χ4v) is 5.04. The van der Waals surface area contributed by atoms with E-state index in [1.165, 1.54) is 36.6 Å². The Hall–Kier alpha value is -2.70. The molecule has 0 unspecified atom stereocenters. The largest absolute Gasteiger partial charge is 0.573 e. The van der Waals surface area contributed by atoms with E-state index in [-0.39, 0.29) is 5.69 Å². The van der Waals surface area contributed by atoms with Crippen molar-refractivity contribution in [3.63, 3.8) is 0 Å². The Morgan fingerprint density at radius 2 is 1.85 bits per heavy atom. The maximum Gasteiger partial charge on any atom is 0.573 e. The zero-order valence-electron chi connectivity index (χ0n) is 17.5. The number of benzene rings is 2. The van der Waals surface area contributed by atoms with Gasteiger partial charge in [0.2, 0.25) is 0 Å². The first-order valence-electron chi connectivity index (χ1n) is 9.16. The van der Waals surface area contributed by atoms with Crippen LogP contribution in [0.15, 0.2) is 62.7 Å². The summed E-state index contributed by atoms with van der Waals surface area (Å²) in [5, 5.41) is 0.294. The topological polar surface area (TPSA) is 80.1 Å². The summed E-state index contributed by atoms with van der Waals surface area (Å²) in [5.41, 5.74) is 1.79. The second-order valence-electron chi connectivity index (χ2n) is 6.25. The summed E-state index contributed by atoms with van der Waals surface area (Å²) >= 11 is 5.01. The fraction of sp³-hybridized carbons (Fsp3) is 0.143. The molecule has 0 fully saturated rings. The van der Waals surface area contributed by atoms with Crippen LogP contribution < -0.4 is 9.46 Å². The first-order valence-corrected chi connectivity index (χ1v) is 11.9. The van der Waals surface area contributed by atoms with Gasteiger partial charge in [-0.1, -0.05) is 37.4 Å². The predicted molar refractivity (Wildman–Crippen MR) is 132 cm³/mol. The number of ether oxygens (including phenoxy) is 1. The lowest BCUT2D eigenvalue weighted by atomic mass is 10.00. The second kappa shape index (κ2) is 10.9. The Morgan fingerprint density at radius 3 is 2.39 bits per heavy atom. The molecule has 0 aliphatic heterocycles. The van der Waals surface area contributed by atoms with Crippen LogP contribution in [-0.4, -0.2) is 26.2 Å². The van der Waals surface area contributed by atoms with Gasteiger partial charge < -0.3 is 4.74 Å². The molecule has 33 heavy (non-hydrogen) atoms. The van der Waals surface area contributed by atoms with E-state index in [1.807, 2.05) is 0 Å². The highest BCUT2D eigenvalue weighted by molar-refractivity contribution is 8.14. The minimum Gasteiger partial charge on any atom is -0.404 e. The zero-order chi connectivity index (χ0) is 24.8. The highest BCUT2D eigenvalue weighted by Crippen LogP contribution is 2.37. The molecule has 2 aromatic rings. The molecule has 2 rings (SSSR count). The number of anilines is 1. The molecule has 0 aromatic heterocycles. The van der Waals surface area contributed by atoms with E-state index in [1.54, 1.807) is 13.8 Å². The number of nitrogens with zero attached hydrogens (tertiary/aromatic N) is 2. The minimum atomic E-state index is -5.07. The van der Waals surface area contributed by atoms with E-state index >= 15 is 0 Å². The SMILES string of the molecule is C=Cc1c(NS(=O)(=O)c2ccccc2OC(F)(F)F)cc(SC(/N=C\C)=N/S)c(C)c1C=C. The third-order valence-corrected chi connectivity index (χ3v) is 6.93. The lowest BCUT2D eigenvalue weighted by molar-refractivity contribution is -0.275. The molecule has 12 heteroatoms. The summed E-state index contributed by atoms with van der Waals surface area (Å²) in [4.78, 5) is 3.97. The molecule has 0 spiro atoms. The van der Waals surface area contributed by atoms with E-state index in [9.17, 15) is 21.6 Å². The van der Waals surface area contributed by atoms with Crippen LogP contribution in [-0.2, 0) is 10.0 Å². The predicted octanol–water partition coefficient (Wildman–Crippen LogP) is 6.36. The molecule has 2 aromatic carbocycles. The van der Waals surface area contributed by atoms with Gasteiger partial charge in [0.05, 0.1) is 5.69 Å². The van der Waals surface area contributed by atoms with Crippen LogP contribution in [0.25, 0.3) is 12.2 Å². The molecule has 176 valence electrons. The minimum absolute atomic E-state index is 0.0776. The number of aliphatic imine (C=N–C) groups is 1. The van der Waals surface area contributed by atoms with Crippen molar-refractivity contribution >= 4 is 63.8 Å². The van der Waals surface area contributed by atoms with Crippen LogP contribution >= 0.6 is 24.6 Å². The summed E-state index contributed by atoms with van der Waals surface area (Å²) in [7, 11) is -4.49. The standard InChI is InChI=1S/C21H20F3N3O3S3/c1-5-14-13(4)18(32-20(26-31)25-7-3)12-16(15(14)6-2)27-33(28,29)19-11-9-8-10-17(19)30-21(22,23)24/h5-12,27,31H,1-2H2,3-4H3/b25-7-,26-20+. The Kier molecular flexibility index (Phi) is 8.81. The number of nitrogens with one attached hydrogen (secondary N) is 1. The highest BCUT2D eigenvalue weighted by Gasteiger charge is 2.34. The Morgan fingerprint density at radius 1 is 1.21 bits per heavy atom. The smallest absolute Gasteiger partial charge is 0.404 e. The van der Waals surface area contributed by atoms with Crippen LogP contribution in [0.1, 0.15) is 23.6 Å². The lowest BCUT2D eigenvalue weighted by Gasteiger charge is -2.19. The summed E-state index contributed by atoms with van der Waals surface area (Å²) in [6, 6.07) is 5.96. The van der Waals surface area contributed by atoms with Gasteiger partial charge in [0, 0.05) is 16.7 Å². The number of para-hydroxylation sites is 1. The number of alkyl halides is 3. The first-order chi connectivity index (χ1) is 15.5. The maximum atomic E-state index is 13.1. The molecule has 0 radical (unpaired) electrons. The molecule has 0 aliphatic rings. The lowest BCUT2D eigenvalue weighted by Crippen LogP contribution is -2.21. The molecular formula is C21H20F3N3O3S3. The van der Waals surface area contributed by atoms with Gasteiger partial charge in [-0.3, -0.25) is 4.72 Å². The second-order valence-corrected chi connectivity index (χ2v) is 9.11. The molecule has 0 saturated carbocycles. The van der Waals surface area contributed by atoms with E-state index in [2.05, 4.69) is 44.8 Å². The van der Waals surface area contributed by atoms with Gasteiger partial charge in [-0.2, -0.15) is 4.40 Å². The molecule has 6 nitrogen and oxygen atoms in total. The third-order valence-electron chi connectivity index (χ3n) is 4.17. The van der Waals surface area contributed by atoms with E-state index in [0.717, 1.165) is 29.5 Å².